The number of alkyl halides is 4. The highest BCUT2D eigenvalue weighted by molar-refractivity contribution is 5.77. The number of hydrogen-bond acceptors (Lipinski definition) is 4. The first kappa shape index (κ1) is 26.0. The van der Waals surface area contributed by atoms with E-state index in [2.05, 4.69) is 10.1 Å². The summed E-state index contributed by atoms with van der Waals surface area (Å²) in [6, 6.07) is 1.61. The maximum atomic E-state index is 14.2. The van der Waals surface area contributed by atoms with Crippen molar-refractivity contribution in [1.29, 1.82) is 0 Å². The Morgan fingerprint density at radius 1 is 1.29 bits per heavy atom. The van der Waals surface area contributed by atoms with Crippen molar-refractivity contribution >= 4 is 11.9 Å². The Labute approximate surface area is 193 Å². The lowest BCUT2D eigenvalue weighted by atomic mass is 9.79. The van der Waals surface area contributed by atoms with Crippen LogP contribution in [0.4, 0.5) is 26.7 Å². The van der Waals surface area contributed by atoms with Crippen molar-refractivity contribution in [3.05, 3.63) is 29.6 Å². The van der Waals surface area contributed by atoms with E-state index in [0.29, 0.717) is 12.5 Å². The topological polar surface area (TPSA) is 82.1 Å². The van der Waals surface area contributed by atoms with E-state index in [9.17, 15) is 36.6 Å². The number of hydrogen-bond donors (Lipinski definition) is 2. The highest BCUT2D eigenvalue weighted by Gasteiger charge is 2.45. The fourth-order valence-electron chi connectivity index (χ4n) is 4.32. The van der Waals surface area contributed by atoms with Crippen LogP contribution in [-0.2, 0) is 11.3 Å². The van der Waals surface area contributed by atoms with Crippen LogP contribution in [0, 0.1) is 11.2 Å². The molecule has 0 bridgehead atoms. The summed E-state index contributed by atoms with van der Waals surface area (Å²) in [6.45, 7) is 0.931. The molecular weight excluding hydrogens is 465 g/mol. The number of benzene rings is 1. The number of rotatable bonds is 8. The Hall–Kier alpha value is -2.63. The highest BCUT2D eigenvalue weighted by Crippen LogP contribution is 2.37. The molecule has 1 heterocycles. The van der Waals surface area contributed by atoms with Crippen molar-refractivity contribution in [3.8, 4) is 5.75 Å². The van der Waals surface area contributed by atoms with E-state index >= 15 is 0 Å². The number of carbonyl (C=O) groups excluding carboxylic acids is 2. The molecule has 1 aliphatic carbocycles. The SMILES string of the molecule is C[C@]1(CO)C[C@@H](N(C(=O)NCc2ccc(OC(F)(F)F)cc2F)C2CC2)CN(C(=O)CCF)C1. The normalized spacial score (nSPS) is 22.9. The van der Waals surface area contributed by atoms with Crippen LogP contribution in [0.2, 0.25) is 0 Å². The van der Waals surface area contributed by atoms with Gasteiger partial charge in [0, 0.05) is 42.7 Å². The summed E-state index contributed by atoms with van der Waals surface area (Å²) in [7, 11) is 0. The van der Waals surface area contributed by atoms with Gasteiger partial charge in [0.2, 0.25) is 5.91 Å². The first-order valence-corrected chi connectivity index (χ1v) is 11.0. The van der Waals surface area contributed by atoms with Crippen molar-refractivity contribution < 1.29 is 41.4 Å². The molecule has 190 valence electrons. The van der Waals surface area contributed by atoms with Crippen LogP contribution in [0.5, 0.6) is 5.75 Å². The van der Waals surface area contributed by atoms with E-state index in [1.807, 2.05) is 0 Å². The Bertz CT molecular complexity index is 896. The van der Waals surface area contributed by atoms with Gasteiger partial charge in [-0.05, 0) is 25.3 Å². The van der Waals surface area contributed by atoms with Gasteiger partial charge in [0.25, 0.3) is 0 Å². The predicted octanol–water partition coefficient (Wildman–Crippen LogP) is 3.36. The Morgan fingerprint density at radius 2 is 2.00 bits per heavy atom. The zero-order valence-electron chi connectivity index (χ0n) is 18.7. The number of piperidine rings is 1. The lowest BCUT2D eigenvalue weighted by Gasteiger charge is -2.47. The van der Waals surface area contributed by atoms with E-state index < -0.39 is 48.0 Å². The monoisotopic (exact) mass is 493 g/mol. The fraction of sp³-hybridized carbons (Fsp3) is 0.636. The predicted molar refractivity (Wildman–Crippen MR) is 111 cm³/mol. The second-order valence-electron chi connectivity index (χ2n) is 9.14. The molecule has 3 rings (SSSR count). The van der Waals surface area contributed by atoms with Gasteiger partial charge < -0.3 is 25.0 Å². The number of nitrogens with one attached hydrogen (secondary N) is 1. The van der Waals surface area contributed by atoms with E-state index in [1.54, 1.807) is 11.8 Å². The minimum Gasteiger partial charge on any atom is -0.406 e. The average Bonchev–Trinajstić information content (AvgIpc) is 3.57. The van der Waals surface area contributed by atoms with E-state index in [1.165, 1.54) is 4.90 Å². The molecule has 2 aliphatic rings. The maximum Gasteiger partial charge on any atom is 0.573 e. The fourth-order valence-corrected chi connectivity index (χ4v) is 4.32. The van der Waals surface area contributed by atoms with Crippen LogP contribution in [0.3, 0.4) is 0 Å². The van der Waals surface area contributed by atoms with Crippen LogP contribution in [-0.4, -0.2) is 71.7 Å². The number of carbonyl (C=O) groups is 2. The molecule has 0 unspecified atom stereocenters. The van der Waals surface area contributed by atoms with Crippen molar-refractivity contribution in [2.75, 3.05) is 26.4 Å². The van der Waals surface area contributed by atoms with Crippen LogP contribution in [0.15, 0.2) is 18.2 Å². The minimum atomic E-state index is -4.95. The molecule has 1 aromatic carbocycles. The lowest BCUT2D eigenvalue weighted by molar-refractivity contribution is -0.274. The molecular formula is C22H28F5N3O4. The highest BCUT2D eigenvalue weighted by atomic mass is 19.4. The maximum absolute atomic E-state index is 14.2. The van der Waals surface area contributed by atoms with Gasteiger partial charge in [-0.2, -0.15) is 0 Å². The number of ether oxygens (including phenoxy) is 1. The van der Waals surface area contributed by atoms with Gasteiger partial charge >= 0.3 is 12.4 Å². The molecule has 0 spiro atoms. The summed E-state index contributed by atoms with van der Waals surface area (Å²) >= 11 is 0. The quantitative estimate of drug-likeness (QED) is 0.545. The minimum absolute atomic E-state index is 0.0257. The molecule has 1 aliphatic heterocycles. The van der Waals surface area contributed by atoms with Gasteiger partial charge in [-0.15, -0.1) is 13.2 Å². The van der Waals surface area contributed by atoms with Crippen LogP contribution in [0.25, 0.3) is 0 Å². The van der Waals surface area contributed by atoms with E-state index in [-0.39, 0.29) is 44.3 Å². The number of nitrogens with zero attached hydrogens (tertiary/aromatic N) is 2. The number of amides is 3. The third-order valence-electron chi connectivity index (χ3n) is 6.03. The molecule has 12 heteroatoms. The van der Waals surface area contributed by atoms with Crippen molar-refractivity contribution in [2.45, 2.75) is 57.6 Å². The average molecular weight is 493 g/mol. The van der Waals surface area contributed by atoms with Gasteiger partial charge in [-0.3, -0.25) is 9.18 Å². The van der Waals surface area contributed by atoms with E-state index in [0.717, 1.165) is 25.0 Å². The summed E-state index contributed by atoms with van der Waals surface area (Å²) in [6.07, 6.45) is -3.32. The van der Waals surface area contributed by atoms with Gasteiger partial charge in [0.05, 0.1) is 25.7 Å². The molecule has 1 saturated heterocycles. The Balaban J connectivity index is 1.70. The summed E-state index contributed by atoms with van der Waals surface area (Å²) in [4.78, 5) is 28.5. The molecule has 7 nitrogen and oxygen atoms in total. The number of likely N-dealkylation sites (tertiary alicyclic amines) is 1. The zero-order chi connectivity index (χ0) is 25.1. The molecule has 34 heavy (non-hydrogen) atoms. The Morgan fingerprint density at radius 3 is 2.56 bits per heavy atom. The third-order valence-corrected chi connectivity index (χ3v) is 6.03. The van der Waals surface area contributed by atoms with Crippen LogP contribution in [0.1, 0.15) is 38.2 Å². The van der Waals surface area contributed by atoms with Gasteiger partial charge in [-0.1, -0.05) is 13.0 Å². The smallest absolute Gasteiger partial charge is 0.406 e. The molecule has 0 radical (unpaired) electrons. The van der Waals surface area contributed by atoms with Crippen molar-refractivity contribution in [3.63, 3.8) is 0 Å². The van der Waals surface area contributed by atoms with Crippen molar-refractivity contribution in [2.24, 2.45) is 5.41 Å². The lowest BCUT2D eigenvalue weighted by Crippen LogP contribution is -2.60. The summed E-state index contributed by atoms with van der Waals surface area (Å²) < 4.78 is 67.6. The second-order valence-corrected chi connectivity index (χ2v) is 9.14. The standard InChI is InChI=1S/C22H28F5N3O4/c1-21(13-31)9-16(11-29(12-21)19(32)6-7-23)30(15-3-4-15)20(33)28-10-14-2-5-17(8-18(14)24)34-22(25,26)27/h2,5,8,15-16,31H,3-4,6-7,9-13H2,1H3,(H,28,33)/t16-,21+/m1/s1. The number of urea groups is 1. The van der Waals surface area contributed by atoms with Crippen LogP contribution < -0.4 is 10.1 Å². The van der Waals surface area contributed by atoms with E-state index in [4.69, 9.17) is 0 Å². The molecule has 1 aromatic rings. The molecule has 2 fully saturated rings. The molecule has 3 amide bonds. The second kappa shape index (κ2) is 10.3. The van der Waals surface area contributed by atoms with Crippen LogP contribution >= 0.6 is 0 Å². The van der Waals surface area contributed by atoms with Crippen molar-refractivity contribution in [1.82, 2.24) is 15.1 Å². The summed E-state index contributed by atoms with van der Waals surface area (Å²) in [5, 5.41) is 12.5. The third kappa shape index (κ3) is 6.71. The Kier molecular flexibility index (Phi) is 7.89. The zero-order valence-corrected chi connectivity index (χ0v) is 18.7. The number of aliphatic hydroxyl groups excluding tert-OH is 1. The van der Waals surface area contributed by atoms with Gasteiger partial charge in [0.15, 0.2) is 0 Å². The number of halogens is 5. The summed E-state index contributed by atoms with van der Waals surface area (Å²) in [5.74, 6) is -2.07. The largest absolute Gasteiger partial charge is 0.573 e. The molecule has 2 atom stereocenters. The first-order chi connectivity index (χ1) is 15.9. The van der Waals surface area contributed by atoms with Gasteiger partial charge in [-0.25, -0.2) is 9.18 Å². The first-order valence-electron chi connectivity index (χ1n) is 11.0. The molecule has 1 saturated carbocycles. The van der Waals surface area contributed by atoms with Gasteiger partial charge in [0.1, 0.15) is 11.6 Å². The molecule has 0 aromatic heterocycles. The summed E-state index contributed by atoms with van der Waals surface area (Å²) in [5.41, 5.74) is -0.704. The number of aliphatic hydroxyl groups is 1. The molecule has 2 N–H and O–H groups in total.